The fourth-order valence-corrected chi connectivity index (χ4v) is 2.51. The Morgan fingerprint density at radius 2 is 2.20 bits per heavy atom. The smallest absolute Gasteiger partial charge is 0.128 e. The van der Waals surface area contributed by atoms with Gasteiger partial charge in [0.1, 0.15) is 5.82 Å². The third-order valence-electron chi connectivity index (χ3n) is 3.40. The van der Waals surface area contributed by atoms with Gasteiger partial charge in [-0.25, -0.2) is 4.39 Å². The summed E-state index contributed by atoms with van der Waals surface area (Å²) < 4.78 is 15.8. The summed E-state index contributed by atoms with van der Waals surface area (Å²) in [5, 5.41) is 8.03. The molecule has 0 aliphatic heterocycles. The quantitative estimate of drug-likeness (QED) is 0.884. The van der Waals surface area contributed by atoms with Crippen molar-refractivity contribution >= 4 is 11.6 Å². The van der Waals surface area contributed by atoms with E-state index in [-0.39, 0.29) is 11.9 Å². The highest BCUT2D eigenvalue weighted by Gasteiger charge is 2.16. The Bertz CT molecular complexity index is 568. The molecule has 0 aliphatic carbocycles. The van der Waals surface area contributed by atoms with Crippen molar-refractivity contribution in [1.29, 1.82) is 0 Å². The van der Waals surface area contributed by atoms with Crippen molar-refractivity contribution in [3.8, 4) is 0 Å². The van der Waals surface area contributed by atoms with Crippen LogP contribution in [0, 0.1) is 5.82 Å². The molecule has 3 nitrogen and oxygen atoms in total. The van der Waals surface area contributed by atoms with Gasteiger partial charge in [0.15, 0.2) is 0 Å². The Morgan fingerprint density at radius 3 is 2.85 bits per heavy atom. The number of benzene rings is 1. The molecule has 1 N–H and O–H groups in total. The largest absolute Gasteiger partial charge is 0.310 e. The first-order chi connectivity index (χ1) is 9.61. The predicted octanol–water partition coefficient (Wildman–Crippen LogP) is 3.50. The number of halogens is 2. The van der Waals surface area contributed by atoms with E-state index < -0.39 is 0 Å². The average Bonchev–Trinajstić information content (AvgIpc) is 2.83. The van der Waals surface area contributed by atoms with E-state index in [4.69, 9.17) is 11.6 Å². The van der Waals surface area contributed by atoms with Crippen molar-refractivity contribution < 1.29 is 4.39 Å². The topological polar surface area (TPSA) is 29.9 Å². The van der Waals surface area contributed by atoms with E-state index in [1.807, 2.05) is 24.7 Å². The lowest BCUT2D eigenvalue weighted by Gasteiger charge is -2.19. The van der Waals surface area contributed by atoms with E-state index >= 15 is 0 Å². The van der Waals surface area contributed by atoms with Crippen molar-refractivity contribution in [3.05, 3.63) is 52.6 Å². The van der Waals surface area contributed by atoms with Crippen LogP contribution in [0.25, 0.3) is 0 Å². The molecule has 1 heterocycles. The molecule has 20 heavy (non-hydrogen) atoms. The highest BCUT2D eigenvalue weighted by Crippen LogP contribution is 2.25. The normalized spacial score (nSPS) is 12.6. The fourth-order valence-electron chi connectivity index (χ4n) is 2.33. The molecule has 0 aliphatic rings. The molecule has 0 spiro atoms. The SMILES string of the molecule is CCNC(CCc1ccnn1C)c1cc(Cl)ccc1F. The molecule has 0 saturated heterocycles. The minimum atomic E-state index is -0.217. The molecular weight excluding hydrogens is 277 g/mol. The maximum atomic E-state index is 14.0. The first kappa shape index (κ1) is 15.0. The number of hydrogen-bond donors (Lipinski definition) is 1. The van der Waals surface area contributed by atoms with E-state index in [1.54, 1.807) is 18.3 Å². The maximum absolute atomic E-state index is 14.0. The standard InChI is InChI=1S/C15H19ClFN3/c1-3-18-15(7-5-12-8-9-19-20(12)2)13-10-11(16)4-6-14(13)17/h4,6,8-10,15,18H,3,5,7H2,1-2H3. The van der Waals surface area contributed by atoms with Gasteiger partial charge in [-0.05, 0) is 43.7 Å². The molecule has 1 aromatic heterocycles. The second-order valence-electron chi connectivity index (χ2n) is 4.76. The van der Waals surface area contributed by atoms with Crippen LogP contribution >= 0.6 is 11.6 Å². The summed E-state index contributed by atoms with van der Waals surface area (Å²) in [7, 11) is 1.91. The molecule has 0 saturated carbocycles. The van der Waals surface area contributed by atoms with Crippen LogP contribution in [0.4, 0.5) is 4.39 Å². The van der Waals surface area contributed by atoms with Gasteiger partial charge in [0.2, 0.25) is 0 Å². The molecule has 5 heteroatoms. The van der Waals surface area contributed by atoms with Gasteiger partial charge < -0.3 is 5.32 Å². The first-order valence-corrected chi connectivity index (χ1v) is 7.14. The number of nitrogens with one attached hydrogen (secondary N) is 1. The Balaban J connectivity index is 2.14. The molecule has 1 unspecified atom stereocenters. The number of rotatable bonds is 6. The van der Waals surface area contributed by atoms with Gasteiger partial charge >= 0.3 is 0 Å². The Hall–Kier alpha value is -1.39. The zero-order valence-corrected chi connectivity index (χ0v) is 12.5. The zero-order chi connectivity index (χ0) is 14.5. The third-order valence-corrected chi connectivity index (χ3v) is 3.63. The van der Waals surface area contributed by atoms with Crippen LogP contribution in [0.5, 0.6) is 0 Å². The molecule has 108 valence electrons. The van der Waals surface area contributed by atoms with Gasteiger partial charge in [-0.15, -0.1) is 0 Å². The van der Waals surface area contributed by atoms with Crippen LogP contribution in [0.1, 0.15) is 30.6 Å². The van der Waals surface area contributed by atoms with Gasteiger partial charge in [-0.1, -0.05) is 18.5 Å². The molecule has 0 fully saturated rings. The van der Waals surface area contributed by atoms with Gasteiger partial charge in [0.05, 0.1) is 0 Å². The van der Waals surface area contributed by atoms with Gasteiger partial charge in [-0.3, -0.25) is 4.68 Å². The number of aryl methyl sites for hydroxylation is 2. The van der Waals surface area contributed by atoms with Gasteiger partial charge in [-0.2, -0.15) is 5.10 Å². The molecule has 2 rings (SSSR count). The highest BCUT2D eigenvalue weighted by molar-refractivity contribution is 6.30. The lowest BCUT2D eigenvalue weighted by molar-refractivity contribution is 0.479. The van der Waals surface area contributed by atoms with Crippen LogP contribution in [-0.2, 0) is 13.5 Å². The summed E-state index contributed by atoms with van der Waals surface area (Å²) in [4.78, 5) is 0. The lowest BCUT2D eigenvalue weighted by atomic mass is 10.00. The Kier molecular flexibility index (Phi) is 5.15. The number of hydrogen-bond acceptors (Lipinski definition) is 2. The summed E-state index contributed by atoms with van der Waals surface area (Å²) in [5.41, 5.74) is 1.76. The monoisotopic (exact) mass is 295 g/mol. The second-order valence-corrected chi connectivity index (χ2v) is 5.20. The van der Waals surface area contributed by atoms with Gasteiger partial charge in [0, 0.05) is 35.6 Å². The summed E-state index contributed by atoms with van der Waals surface area (Å²) in [6.45, 7) is 2.79. The van der Waals surface area contributed by atoms with Gasteiger partial charge in [0.25, 0.3) is 0 Å². The maximum Gasteiger partial charge on any atom is 0.128 e. The average molecular weight is 296 g/mol. The minimum Gasteiger partial charge on any atom is -0.310 e. The van der Waals surface area contributed by atoms with Crippen molar-refractivity contribution in [2.75, 3.05) is 6.54 Å². The predicted molar refractivity (Wildman–Crippen MR) is 79.4 cm³/mol. The third kappa shape index (κ3) is 3.58. The van der Waals surface area contributed by atoms with E-state index in [0.717, 1.165) is 25.1 Å². The van der Waals surface area contributed by atoms with Crippen LogP contribution < -0.4 is 5.32 Å². The molecule has 0 bridgehead atoms. The van der Waals surface area contributed by atoms with Crippen molar-refractivity contribution in [3.63, 3.8) is 0 Å². The van der Waals surface area contributed by atoms with Crippen molar-refractivity contribution in [1.82, 2.24) is 15.1 Å². The Morgan fingerprint density at radius 1 is 1.40 bits per heavy atom. The highest BCUT2D eigenvalue weighted by atomic mass is 35.5. The van der Waals surface area contributed by atoms with Crippen molar-refractivity contribution in [2.24, 2.45) is 7.05 Å². The van der Waals surface area contributed by atoms with Crippen LogP contribution in [-0.4, -0.2) is 16.3 Å². The molecule has 0 radical (unpaired) electrons. The van der Waals surface area contributed by atoms with Crippen LogP contribution in [0.3, 0.4) is 0 Å². The number of nitrogens with zero attached hydrogens (tertiary/aromatic N) is 2. The summed E-state index contributed by atoms with van der Waals surface area (Å²) in [5.74, 6) is -0.217. The van der Waals surface area contributed by atoms with E-state index in [0.29, 0.717) is 10.6 Å². The molecule has 0 amide bonds. The molecule has 2 aromatic rings. The zero-order valence-electron chi connectivity index (χ0n) is 11.7. The van der Waals surface area contributed by atoms with E-state index in [2.05, 4.69) is 10.4 Å². The molecule has 1 aromatic carbocycles. The molecular formula is C15H19ClFN3. The minimum absolute atomic E-state index is 0.0476. The van der Waals surface area contributed by atoms with E-state index in [9.17, 15) is 4.39 Å². The van der Waals surface area contributed by atoms with E-state index in [1.165, 1.54) is 6.07 Å². The van der Waals surface area contributed by atoms with Crippen LogP contribution in [0.2, 0.25) is 5.02 Å². The first-order valence-electron chi connectivity index (χ1n) is 6.77. The number of aromatic nitrogens is 2. The molecule has 1 atom stereocenters. The lowest BCUT2D eigenvalue weighted by Crippen LogP contribution is -2.23. The summed E-state index contributed by atoms with van der Waals surface area (Å²) in [6, 6.07) is 6.63. The van der Waals surface area contributed by atoms with Crippen LogP contribution in [0.15, 0.2) is 30.5 Å². The van der Waals surface area contributed by atoms with Crippen molar-refractivity contribution in [2.45, 2.75) is 25.8 Å². The fraction of sp³-hybridized carbons (Fsp3) is 0.400. The Labute approximate surface area is 123 Å². The second kappa shape index (κ2) is 6.86. The summed E-state index contributed by atoms with van der Waals surface area (Å²) in [6.07, 6.45) is 3.41. The summed E-state index contributed by atoms with van der Waals surface area (Å²) >= 11 is 5.98.